The highest BCUT2D eigenvalue weighted by Gasteiger charge is 2.18. The van der Waals surface area contributed by atoms with Crippen molar-refractivity contribution in [3.63, 3.8) is 0 Å². The third kappa shape index (κ3) is 5.19. The fraction of sp³-hybridized carbons (Fsp3) is 0.250. The highest BCUT2D eigenvalue weighted by atomic mass is 35.5. The second-order valence-electron chi connectivity index (χ2n) is 6.92. The van der Waals surface area contributed by atoms with E-state index in [1.807, 2.05) is 13.8 Å². The van der Waals surface area contributed by atoms with Gasteiger partial charge < -0.3 is 15.7 Å². The Kier molecular flexibility index (Phi) is 6.76. The van der Waals surface area contributed by atoms with Crippen molar-refractivity contribution in [2.75, 3.05) is 17.2 Å². The van der Waals surface area contributed by atoms with Crippen LogP contribution < -0.4 is 10.6 Å². The van der Waals surface area contributed by atoms with Crippen LogP contribution in [0.25, 0.3) is 11.3 Å². The van der Waals surface area contributed by atoms with Gasteiger partial charge >= 0.3 is 0 Å². The maximum absolute atomic E-state index is 11.4. The lowest BCUT2D eigenvalue weighted by molar-refractivity contribution is -0.383. The normalized spacial score (nSPS) is 11.9. The smallest absolute Gasteiger partial charge is 0.292 e. The molecule has 0 aliphatic heterocycles. The third-order valence-corrected chi connectivity index (χ3v) is 4.67. The van der Waals surface area contributed by atoms with Gasteiger partial charge in [0.1, 0.15) is 11.5 Å². The van der Waals surface area contributed by atoms with Crippen LogP contribution >= 0.6 is 11.6 Å². The number of halogens is 1. The van der Waals surface area contributed by atoms with Gasteiger partial charge in [-0.05, 0) is 30.2 Å². The molecule has 1 aromatic carbocycles. The second-order valence-corrected chi connectivity index (χ2v) is 7.36. The molecule has 0 saturated heterocycles. The van der Waals surface area contributed by atoms with Crippen molar-refractivity contribution < 1.29 is 10.0 Å². The number of aliphatic hydroxyl groups is 1. The summed E-state index contributed by atoms with van der Waals surface area (Å²) in [5.74, 6) is 0.753. The van der Waals surface area contributed by atoms with E-state index in [1.54, 1.807) is 30.6 Å². The molecule has 0 aliphatic rings. The first-order valence-corrected chi connectivity index (χ1v) is 9.63. The largest absolute Gasteiger partial charge is 0.394 e. The van der Waals surface area contributed by atoms with Gasteiger partial charge in [-0.25, -0.2) is 4.98 Å². The summed E-state index contributed by atoms with van der Waals surface area (Å²) in [6, 6.07) is 9.25. The third-order valence-electron chi connectivity index (χ3n) is 4.44. The van der Waals surface area contributed by atoms with Gasteiger partial charge in [-0.1, -0.05) is 25.4 Å². The molecular weight excluding hydrogens is 408 g/mol. The Morgan fingerprint density at radius 3 is 2.53 bits per heavy atom. The number of hydrogen-bond donors (Lipinski definition) is 3. The minimum atomic E-state index is -0.497. The van der Waals surface area contributed by atoms with Crippen LogP contribution in [-0.2, 0) is 0 Å². The van der Waals surface area contributed by atoms with E-state index in [0.717, 1.165) is 5.56 Å². The Bertz CT molecular complexity index is 1030. The summed E-state index contributed by atoms with van der Waals surface area (Å²) in [5.41, 5.74) is 1.46. The van der Waals surface area contributed by atoms with Crippen molar-refractivity contribution in [2.24, 2.45) is 5.92 Å². The average molecular weight is 429 g/mol. The number of nitro benzene ring substituents is 1. The number of nitrogens with zero attached hydrogens (tertiary/aromatic N) is 4. The monoisotopic (exact) mass is 428 g/mol. The number of anilines is 3. The molecule has 0 radical (unpaired) electrons. The fourth-order valence-electron chi connectivity index (χ4n) is 2.74. The summed E-state index contributed by atoms with van der Waals surface area (Å²) in [7, 11) is 0. The molecule has 0 aliphatic carbocycles. The van der Waals surface area contributed by atoms with Crippen molar-refractivity contribution >= 4 is 34.7 Å². The van der Waals surface area contributed by atoms with Crippen LogP contribution in [0, 0.1) is 16.0 Å². The van der Waals surface area contributed by atoms with Crippen molar-refractivity contribution in [1.29, 1.82) is 0 Å². The molecule has 0 unspecified atom stereocenters. The Balaban J connectivity index is 2.04. The molecule has 0 amide bonds. The zero-order valence-electron chi connectivity index (χ0n) is 16.4. The summed E-state index contributed by atoms with van der Waals surface area (Å²) in [6.45, 7) is 3.84. The topological polar surface area (TPSA) is 126 Å². The Hall–Kier alpha value is -3.30. The van der Waals surface area contributed by atoms with Crippen LogP contribution in [0.15, 0.2) is 48.8 Å². The van der Waals surface area contributed by atoms with E-state index in [0.29, 0.717) is 16.5 Å². The average Bonchev–Trinajstić information content (AvgIpc) is 2.72. The molecule has 2 aromatic heterocycles. The lowest BCUT2D eigenvalue weighted by Crippen LogP contribution is -2.30. The van der Waals surface area contributed by atoms with Crippen LogP contribution in [0.4, 0.5) is 23.1 Å². The van der Waals surface area contributed by atoms with Gasteiger partial charge in [-0.15, -0.1) is 0 Å². The summed E-state index contributed by atoms with van der Waals surface area (Å²) >= 11 is 6.03. The maximum Gasteiger partial charge on any atom is 0.292 e. The number of nitrogens with one attached hydrogen (secondary N) is 2. The maximum atomic E-state index is 11.4. The summed E-state index contributed by atoms with van der Waals surface area (Å²) < 4.78 is 0. The minimum absolute atomic E-state index is 0.0942. The van der Waals surface area contributed by atoms with E-state index >= 15 is 0 Å². The predicted molar refractivity (Wildman–Crippen MR) is 116 cm³/mol. The zero-order valence-corrected chi connectivity index (χ0v) is 17.2. The molecule has 2 heterocycles. The lowest BCUT2D eigenvalue weighted by Gasteiger charge is -2.20. The molecule has 0 fully saturated rings. The van der Waals surface area contributed by atoms with E-state index in [9.17, 15) is 15.2 Å². The second kappa shape index (κ2) is 9.47. The molecule has 3 N–H and O–H groups in total. The molecule has 10 heteroatoms. The van der Waals surface area contributed by atoms with Crippen molar-refractivity contribution in [3.05, 3.63) is 63.9 Å². The lowest BCUT2D eigenvalue weighted by atomic mass is 10.1. The molecule has 3 rings (SSSR count). The number of nitro groups is 1. The SMILES string of the molecule is CC(C)[C@@H](CO)Nc1nc(Nc2cc(Cl)ccc2[N+](=O)[O-])cc(-c2ccncc2)n1. The van der Waals surface area contributed by atoms with Crippen LogP contribution in [0.3, 0.4) is 0 Å². The quantitative estimate of drug-likeness (QED) is 0.358. The van der Waals surface area contributed by atoms with Gasteiger partial charge in [0.2, 0.25) is 5.95 Å². The number of rotatable bonds is 8. The summed E-state index contributed by atoms with van der Waals surface area (Å²) in [6.07, 6.45) is 3.29. The van der Waals surface area contributed by atoms with E-state index in [1.165, 1.54) is 18.2 Å². The Morgan fingerprint density at radius 1 is 1.17 bits per heavy atom. The van der Waals surface area contributed by atoms with Crippen molar-refractivity contribution in [2.45, 2.75) is 19.9 Å². The first-order valence-electron chi connectivity index (χ1n) is 9.25. The summed E-state index contributed by atoms with van der Waals surface area (Å²) in [5, 5.41) is 27.5. The highest BCUT2D eigenvalue weighted by molar-refractivity contribution is 6.31. The predicted octanol–water partition coefficient (Wildman–Crippen LogP) is 4.27. The number of aliphatic hydroxyl groups excluding tert-OH is 1. The molecular formula is C20H21ClN6O3. The van der Waals surface area contributed by atoms with Crippen molar-refractivity contribution in [3.8, 4) is 11.3 Å². The molecule has 0 bridgehead atoms. The Labute approximate surface area is 178 Å². The van der Waals surface area contributed by atoms with E-state index in [2.05, 4.69) is 25.6 Å². The van der Waals surface area contributed by atoms with Gasteiger partial charge in [0.15, 0.2) is 0 Å². The molecule has 9 nitrogen and oxygen atoms in total. The van der Waals surface area contributed by atoms with Crippen LogP contribution in [0.2, 0.25) is 5.02 Å². The van der Waals surface area contributed by atoms with Crippen molar-refractivity contribution in [1.82, 2.24) is 15.0 Å². The van der Waals surface area contributed by atoms with Gasteiger partial charge in [0.25, 0.3) is 5.69 Å². The molecule has 30 heavy (non-hydrogen) atoms. The first kappa shape index (κ1) is 21.4. The van der Waals surface area contributed by atoms with Crippen LogP contribution in [0.5, 0.6) is 0 Å². The van der Waals surface area contributed by atoms with Gasteiger partial charge in [-0.2, -0.15) is 4.98 Å². The standard InChI is InChI=1S/C20H21ClN6O3/c1-12(2)17(11-28)25-20-24-15(13-5-7-22-8-6-13)10-19(26-20)23-16-9-14(21)3-4-18(16)27(29)30/h3-10,12,17,28H,11H2,1-2H3,(H2,23,24,25,26)/t17-/m1/s1. The fourth-order valence-corrected chi connectivity index (χ4v) is 2.91. The molecule has 0 saturated carbocycles. The first-order chi connectivity index (χ1) is 14.4. The zero-order chi connectivity index (χ0) is 21.7. The number of aromatic nitrogens is 3. The molecule has 156 valence electrons. The molecule has 1 atom stereocenters. The minimum Gasteiger partial charge on any atom is -0.394 e. The van der Waals surface area contributed by atoms with Crippen LogP contribution in [-0.4, -0.2) is 37.6 Å². The van der Waals surface area contributed by atoms with Gasteiger partial charge in [0, 0.05) is 35.1 Å². The van der Waals surface area contributed by atoms with E-state index in [4.69, 9.17) is 11.6 Å². The van der Waals surface area contributed by atoms with E-state index < -0.39 is 4.92 Å². The summed E-state index contributed by atoms with van der Waals surface area (Å²) in [4.78, 5) is 23.9. The number of benzene rings is 1. The van der Waals surface area contributed by atoms with Gasteiger partial charge in [-0.3, -0.25) is 15.1 Å². The molecule has 3 aromatic rings. The van der Waals surface area contributed by atoms with Gasteiger partial charge in [0.05, 0.1) is 23.3 Å². The number of pyridine rings is 1. The Morgan fingerprint density at radius 2 is 1.90 bits per heavy atom. The highest BCUT2D eigenvalue weighted by Crippen LogP contribution is 2.31. The number of hydrogen-bond acceptors (Lipinski definition) is 8. The van der Waals surface area contributed by atoms with E-state index in [-0.39, 0.29) is 35.9 Å². The van der Waals surface area contributed by atoms with Crippen LogP contribution in [0.1, 0.15) is 13.8 Å². The molecule has 0 spiro atoms.